The summed E-state index contributed by atoms with van der Waals surface area (Å²) in [5.41, 5.74) is 4.48. The van der Waals surface area contributed by atoms with Gasteiger partial charge in [-0.2, -0.15) is 5.10 Å². The molecule has 1 N–H and O–H groups in total. The number of hydrogen-bond donors (Lipinski definition) is 1. The zero-order valence-corrected chi connectivity index (χ0v) is 22.9. The number of nitrogens with one attached hydrogen (secondary N) is 1. The molecule has 0 radical (unpaired) electrons. The van der Waals surface area contributed by atoms with Crippen molar-refractivity contribution in [2.45, 2.75) is 65.4 Å². The van der Waals surface area contributed by atoms with Gasteiger partial charge < -0.3 is 15.0 Å². The van der Waals surface area contributed by atoms with E-state index in [1.165, 1.54) is 5.56 Å². The lowest BCUT2D eigenvalue weighted by Gasteiger charge is -2.34. The third kappa shape index (κ3) is 6.16. The van der Waals surface area contributed by atoms with Gasteiger partial charge in [-0.1, -0.05) is 36.7 Å². The van der Waals surface area contributed by atoms with Crippen molar-refractivity contribution in [3.63, 3.8) is 0 Å². The molecule has 1 aliphatic rings. The molecule has 0 unspecified atom stereocenters. The Bertz CT molecular complexity index is 1270. The molecule has 37 heavy (non-hydrogen) atoms. The van der Waals surface area contributed by atoms with Gasteiger partial charge >= 0.3 is 6.09 Å². The van der Waals surface area contributed by atoms with Crippen molar-refractivity contribution in [1.29, 1.82) is 0 Å². The van der Waals surface area contributed by atoms with Gasteiger partial charge in [0.05, 0.1) is 23.1 Å². The molecule has 1 aromatic heterocycles. The van der Waals surface area contributed by atoms with Gasteiger partial charge in [0.1, 0.15) is 5.60 Å². The average Bonchev–Trinajstić information content (AvgIpc) is 3.30. The molecule has 1 fully saturated rings. The zero-order chi connectivity index (χ0) is 26.7. The molecule has 0 atom stereocenters. The maximum atomic E-state index is 13.5. The van der Waals surface area contributed by atoms with Crippen LogP contribution in [0.25, 0.3) is 5.69 Å². The first-order valence-electron chi connectivity index (χ1n) is 12.8. The van der Waals surface area contributed by atoms with E-state index in [1.54, 1.807) is 11.1 Å². The Kier molecular flexibility index (Phi) is 7.93. The summed E-state index contributed by atoms with van der Waals surface area (Å²) in [7, 11) is 0. The molecular weight excluding hydrogens is 488 g/mol. The summed E-state index contributed by atoms with van der Waals surface area (Å²) in [6, 6.07) is 13.6. The van der Waals surface area contributed by atoms with Crippen molar-refractivity contribution in [3.8, 4) is 5.69 Å². The summed E-state index contributed by atoms with van der Waals surface area (Å²) in [5.74, 6) is -0.178. The van der Waals surface area contributed by atoms with Crippen molar-refractivity contribution >= 4 is 29.3 Å². The lowest BCUT2D eigenvalue weighted by atomic mass is 9.90. The van der Waals surface area contributed by atoms with Crippen LogP contribution in [0, 0.1) is 6.92 Å². The minimum atomic E-state index is -0.544. The van der Waals surface area contributed by atoms with E-state index in [2.05, 4.69) is 17.3 Å². The lowest BCUT2D eigenvalue weighted by Crippen LogP contribution is -2.41. The number of halogens is 1. The standard InChI is InChI=1S/C29H35ClN4O3/c1-6-20-10-12-22(13-11-20)32-27(35)23-18-31-34(25-9-7-8-24(30)19(25)2)26(23)21-14-16-33(17-15-21)28(36)37-29(3,4)5/h7-13,18,21H,6,14-17H2,1-5H3,(H,32,35). The molecule has 2 aromatic carbocycles. The molecule has 3 aromatic rings. The van der Waals surface area contributed by atoms with Gasteiger partial charge in [0.25, 0.3) is 5.91 Å². The highest BCUT2D eigenvalue weighted by Gasteiger charge is 2.32. The van der Waals surface area contributed by atoms with Gasteiger partial charge in [-0.15, -0.1) is 0 Å². The number of carbonyl (C=O) groups excluding carboxylic acids is 2. The number of anilines is 1. The molecule has 4 rings (SSSR count). The van der Waals surface area contributed by atoms with E-state index < -0.39 is 5.60 Å². The van der Waals surface area contributed by atoms with Gasteiger partial charge in [0, 0.05) is 29.7 Å². The van der Waals surface area contributed by atoms with Crippen molar-refractivity contribution < 1.29 is 14.3 Å². The van der Waals surface area contributed by atoms with Crippen molar-refractivity contribution in [1.82, 2.24) is 14.7 Å². The van der Waals surface area contributed by atoms with Crippen molar-refractivity contribution in [2.24, 2.45) is 0 Å². The maximum Gasteiger partial charge on any atom is 0.410 e. The Morgan fingerprint density at radius 1 is 1.11 bits per heavy atom. The number of piperidine rings is 1. The summed E-state index contributed by atoms with van der Waals surface area (Å²) < 4.78 is 7.40. The molecule has 0 bridgehead atoms. The van der Waals surface area contributed by atoms with Crippen LogP contribution in [0.15, 0.2) is 48.7 Å². The third-order valence-corrected chi connectivity index (χ3v) is 7.08. The molecule has 1 aliphatic heterocycles. The number of ether oxygens (including phenoxy) is 1. The number of likely N-dealkylation sites (tertiary alicyclic amines) is 1. The SMILES string of the molecule is CCc1ccc(NC(=O)c2cnn(-c3cccc(Cl)c3C)c2C2CCN(C(=O)OC(C)(C)C)CC2)cc1. The van der Waals surface area contributed by atoms with E-state index in [4.69, 9.17) is 16.3 Å². The van der Waals surface area contributed by atoms with Crippen LogP contribution in [0.4, 0.5) is 10.5 Å². The van der Waals surface area contributed by atoms with E-state index in [0.29, 0.717) is 36.5 Å². The topological polar surface area (TPSA) is 76.5 Å². The molecule has 2 heterocycles. The van der Waals surface area contributed by atoms with Crippen molar-refractivity contribution in [3.05, 3.63) is 76.1 Å². The molecule has 0 aliphatic carbocycles. The highest BCUT2D eigenvalue weighted by molar-refractivity contribution is 6.31. The van der Waals surface area contributed by atoms with Crippen molar-refractivity contribution in [2.75, 3.05) is 18.4 Å². The van der Waals surface area contributed by atoms with Gasteiger partial charge in [0.2, 0.25) is 0 Å². The lowest BCUT2D eigenvalue weighted by molar-refractivity contribution is 0.0203. The van der Waals surface area contributed by atoms with E-state index in [1.807, 2.05) is 74.8 Å². The van der Waals surface area contributed by atoms with Crippen LogP contribution in [0.5, 0.6) is 0 Å². The van der Waals surface area contributed by atoms with Gasteiger partial charge in [0.15, 0.2) is 0 Å². The Morgan fingerprint density at radius 3 is 2.41 bits per heavy atom. The second-order valence-electron chi connectivity index (χ2n) is 10.5. The predicted molar refractivity (Wildman–Crippen MR) is 147 cm³/mol. The molecule has 196 valence electrons. The number of amides is 2. The third-order valence-electron chi connectivity index (χ3n) is 6.67. The average molecular weight is 523 g/mol. The molecular formula is C29H35ClN4O3. The maximum absolute atomic E-state index is 13.5. The second kappa shape index (κ2) is 11.0. The van der Waals surface area contributed by atoms with Crippen LogP contribution in [-0.4, -0.2) is 45.4 Å². The molecule has 2 amide bonds. The smallest absolute Gasteiger partial charge is 0.410 e. The number of aryl methyl sites for hydroxylation is 1. The molecule has 0 saturated carbocycles. The number of rotatable bonds is 5. The minimum Gasteiger partial charge on any atom is -0.444 e. The number of benzene rings is 2. The van der Waals surface area contributed by atoms with Gasteiger partial charge in [-0.25, -0.2) is 9.48 Å². The number of hydrogen-bond acceptors (Lipinski definition) is 4. The normalized spacial score (nSPS) is 14.5. The van der Waals surface area contributed by atoms with E-state index in [-0.39, 0.29) is 17.9 Å². The molecule has 0 spiro atoms. The Labute approximate surface area is 223 Å². The summed E-state index contributed by atoms with van der Waals surface area (Å²) in [6.45, 7) is 10.7. The Balaban J connectivity index is 1.64. The first-order chi connectivity index (χ1) is 17.6. The number of carbonyl (C=O) groups is 2. The molecule has 7 nitrogen and oxygen atoms in total. The predicted octanol–water partition coefficient (Wildman–Crippen LogP) is 6.76. The fraction of sp³-hybridized carbons (Fsp3) is 0.414. The van der Waals surface area contributed by atoms with Gasteiger partial charge in [-0.3, -0.25) is 4.79 Å². The Morgan fingerprint density at radius 2 is 1.78 bits per heavy atom. The van der Waals surface area contributed by atoms with E-state index in [0.717, 1.165) is 29.1 Å². The largest absolute Gasteiger partial charge is 0.444 e. The van der Waals surface area contributed by atoms with E-state index >= 15 is 0 Å². The highest BCUT2D eigenvalue weighted by atomic mass is 35.5. The minimum absolute atomic E-state index is 0.0304. The summed E-state index contributed by atoms with van der Waals surface area (Å²) >= 11 is 6.43. The summed E-state index contributed by atoms with van der Waals surface area (Å²) in [5, 5.41) is 8.32. The zero-order valence-electron chi connectivity index (χ0n) is 22.2. The highest BCUT2D eigenvalue weighted by Crippen LogP contribution is 2.34. The van der Waals surface area contributed by atoms with Gasteiger partial charge in [-0.05, 0) is 82.3 Å². The van der Waals surface area contributed by atoms with Crippen LogP contribution in [0.2, 0.25) is 5.02 Å². The molecule has 1 saturated heterocycles. The fourth-order valence-electron chi connectivity index (χ4n) is 4.63. The first-order valence-corrected chi connectivity index (χ1v) is 13.2. The molecule has 8 heteroatoms. The summed E-state index contributed by atoms with van der Waals surface area (Å²) in [6.07, 6.45) is 3.64. The van der Waals surface area contributed by atoms with Crippen LogP contribution >= 0.6 is 11.6 Å². The van der Waals surface area contributed by atoms with Crippen LogP contribution in [0.3, 0.4) is 0 Å². The monoisotopic (exact) mass is 522 g/mol. The fourth-order valence-corrected chi connectivity index (χ4v) is 4.80. The second-order valence-corrected chi connectivity index (χ2v) is 10.9. The quantitative estimate of drug-likeness (QED) is 0.401. The number of aromatic nitrogens is 2. The van der Waals surface area contributed by atoms with Crippen LogP contribution < -0.4 is 5.32 Å². The summed E-state index contributed by atoms with van der Waals surface area (Å²) in [4.78, 5) is 27.8. The van der Waals surface area contributed by atoms with E-state index in [9.17, 15) is 9.59 Å². The first kappa shape index (κ1) is 26.7. The van der Waals surface area contributed by atoms with Crippen LogP contribution in [-0.2, 0) is 11.2 Å². The Hall–Kier alpha value is -3.32. The van der Waals surface area contributed by atoms with Crippen LogP contribution in [0.1, 0.15) is 73.6 Å². The number of nitrogens with zero attached hydrogens (tertiary/aromatic N) is 3.